The first-order chi connectivity index (χ1) is 11.3. The van der Waals surface area contributed by atoms with Gasteiger partial charge in [-0.05, 0) is 42.8 Å². The lowest BCUT2D eigenvalue weighted by Crippen LogP contribution is -2.06. The molecular weight excluding hydrogens is 293 g/mol. The highest BCUT2D eigenvalue weighted by atomic mass is 19.1. The molecule has 5 heteroatoms. The molecule has 1 atom stereocenters. The van der Waals surface area contributed by atoms with Crippen LogP contribution in [0.2, 0.25) is 0 Å². The topological polar surface area (TPSA) is 47.8 Å². The van der Waals surface area contributed by atoms with E-state index in [1.165, 1.54) is 12.1 Å². The third kappa shape index (κ3) is 2.25. The van der Waals surface area contributed by atoms with E-state index in [1.807, 2.05) is 16.7 Å². The molecule has 1 aliphatic rings. The molecule has 0 N–H and O–H groups in total. The van der Waals surface area contributed by atoms with Crippen molar-refractivity contribution in [2.75, 3.05) is 0 Å². The Kier molecular flexibility index (Phi) is 3.26. The van der Waals surface area contributed by atoms with Crippen molar-refractivity contribution in [2.24, 2.45) is 0 Å². The largest absolute Gasteiger partial charge is 0.317 e. The van der Waals surface area contributed by atoms with E-state index in [2.05, 4.69) is 4.98 Å². The standard InChI is InChI=1S/C18H14FN3O/c19-14-3-1-12(2-4-14)17-18(13-7-9-20-10-8-13)22-15(11-23)5-6-16(22)21-17/h1-4,7-11,15H,5-6H2. The SMILES string of the molecule is O=CC1CCc2nc(-c3ccc(F)cc3)c(-c3ccncc3)n21. The van der Waals surface area contributed by atoms with Crippen LogP contribution in [0.15, 0.2) is 48.8 Å². The highest BCUT2D eigenvalue weighted by Gasteiger charge is 2.29. The van der Waals surface area contributed by atoms with Crippen molar-refractivity contribution in [3.8, 4) is 22.5 Å². The summed E-state index contributed by atoms with van der Waals surface area (Å²) in [5.41, 5.74) is 3.46. The molecular formula is C18H14FN3O. The quantitative estimate of drug-likeness (QED) is 0.696. The monoisotopic (exact) mass is 307 g/mol. The van der Waals surface area contributed by atoms with Crippen molar-refractivity contribution in [1.29, 1.82) is 0 Å². The van der Waals surface area contributed by atoms with Gasteiger partial charge in [0, 0.05) is 29.9 Å². The molecule has 4 nitrogen and oxygen atoms in total. The minimum atomic E-state index is -0.281. The molecule has 23 heavy (non-hydrogen) atoms. The summed E-state index contributed by atoms with van der Waals surface area (Å²) in [5, 5.41) is 0. The van der Waals surface area contributed by atoms with Crippen LogP contribution in [0.1, 0.15) is 18.3 Å². The van der Waals surface area contributed by atoms with Crippen molar-refractivity contribution in [3.05, 3.63) is 60.4 Å². The van der Waals surface area contributed by atoms with E-state index in [1.54, 1.807) is 24.5 Å². The van der Waals surface area contributed by atoms with Crippen molar-refractivity contribution >= 4 is 6.29 Å². The highest BCUT2D eigenvalue weighted by molar-refractivity contribution is 5.80. The van der Waals surface area contributed by atoms with Crippen molar-refractivity contribution in [3.63, 3.8) is 0 Å². The number of nitrogens with zero attached hydrogens (tertiary/aromatic N) is 3. The van der Waals surface area contributed by atoms with Gasteiger partial charge in [-0.25, -0.2) is 9.37 Å². The maximum absolute atomic E-state index is 13.2. The van der Waals surface area contributed by atoms with Gasteiger partial charge in [-0.1, -0.05) is 0 Å². The third-order valence-electron chi connectivity index (χ3n) is 4.21. The number of aryl methyl sites for hydroxylation is 1. The van der Waals surface area contributed by atoms with Gasteiger partial charge in [0.05, 0.1) is 17.4 Å². The summed E-state index contributed by atoms with van der Waals surface area (Å²) in [5.74, 6) is 0.616. The zero-order valence-corrected chi connectivity index (χ0v) is 12.3. The molecule has 0 aliphatic carbocycles. The maximum Gasteiger partial charge on any atom is 0.142 e. The average Bonchev–Trinajstić information content (AvgIpc) is 3.15. The smallest absolute Gasteiger partial charge is 0.142 e. The fourth-order valence-corrected chi connectivity index (χ4v) is 3.14. The molecule has 114 valence electrons. The third-order valence-corrected chi connectivity index (χ3v) is 4.21. The number of carbonyl (C=O) groups is 1. The van der Waals surface area contributed by atoms with E-state index in [0.29, 0.717) is 0 Å². The lowest BCUT2D eigenvalue weighted by Gasteiger charge is -2.12. The second-order valence-electron chi connectivity index (χ2n) is 5.58. The van der Waals surface area contributed by atoms with Crippen LogP contribution in [0.4, 0.5) is 4.39 Å². The van der Waals surface area contributed by atoms with Gasteiger partial charge in [0.15, 0.2) is 0 Å². The molecule has 3 heterocycles. The lowest BCUT2D eigenvalue weighted by molar-refractivity contribution is -0.110. The number of aldehydes is 1. The number of hydrogen-bond donors (Lipinski definition) is 0. The summed E-state index contributed by atoms with van der Waals surface area (Å²) in [6, 6.07) is 9.88. The molecule has 1 aliphatic heterocycles. The minimum absolute atomic E-state index is 0.199. The van der Waals surface area contributed by atoms with Crippen LogP contribution in [0, 0.1) is 5.82 Å². The van der Waals surface area contributed by atoms with Gasteiger partial charge in [-0.2, -0.15) is 0 Å². The van der Waals surface area contributed by atoms with Gasteiger partial charge in [-0.3, -0.25) is 4.98 Å². The molecule has 4 rings (SSSR count). The van der Waals surface area contributed by atoms with Crippen LogP contribution in [0.3, 0.4) is 0 Å². The number of pyridine rings is 1. The Morgan fingerprint density at radius 2 is 1.83 bits per heavy atom. The number of rotatable bonds is 3. The van der Waals surface area contributed by atoms with Gasteiger partial charge < -0.3 is 9.36 Å². The number of fused-ring (bicyclic) bond motifs is 1. The summed E-state index contributed by atoms with van der Waals surface area (Å²) in [7, 11) is 0. The Hall–Kier alpha value is -2.82. The molecule has 0 radical (unpaired) electrons. The number of hydrogen-bond acceptors (Lipinski definition) is 3. The molecule has 0 fully saturated rings. The second-order valence-corrected chi connectivity index (χ2v) is 5.58. The first kappa shape index (κ1) is 13.8. The Labute approximate surface area is 132 Å². The lowest BCUT2D eigenvalue weighted by atomic mass is 10.0. The normalized spacial score (nSPS) is 16.3. The Balaban J connectivity index is 1.97. The van der Waals surface area contributed by atoms with Gasteiger partial charge in [0.1, 0.15) is 17.9 Å². The fraction of sp³-hybridized carbons (Fsp3) is 0.167. The Morgan fingerprint density at radius 3 is 2.52 bits per heavy atom. The Bertz CT molecular complexity index is 856. The highest BCUT2D eigenvalue weighted by Crippen LogP contribution is 2.38. The van der Waals surface area contributed by atoms with E-state index in [0.717, 1.165) is 47.5 Å². The summed E-state index contributed by atoms with van der Waals surface area (Å²) >= 11 is 0. The van der Waals surface area contributed by atoms with E-state index in [4.69, 9.17) is 4.98 Å². The number of aromatic nitrogens is 3. The Morgan fingerprint density at radius 1 is 1.09 bits per heavy atom. The number of benzene rings is 1. The van der Waals surface area contributed by atoms with Crippen molar-refractivity contribution in [2.45, 2.75) is 18.9 Å². The van der Waals surface area contributed by atoms with Crippen LogP contribution in [0.5, 0.6) is 0 Å². The zero-order valence-electron chi connectivity index (χ0n) is 12.3. The van der Waals surface area contributed by atoms with E-state index >= 15 is 0 Å². The van der Waals surface area contributed by atoms with Crippen LogP contribution >= 0.6 is 0 Å². The first-order valence-electron chi connectivity index (χ1n) is 7.50. The van der Waals surface area contributed by atoms with Gasteiger partial charge in [-0.15, -0.1) is 0 Å². The molecule has 0 saturated carbocycles. The van der Waals surface area contributed by atoms with Crippen LogP contribution < -0.4 is 0 Å². The van der Waals surface area contributed by atoms with E-state index in [9.17, 15) is 9.18 Å². The zero-order chi connectivity index (χ0) is 15.8. The summed E-state index contributed by atoms with van der Waals surface area (Å²) in [4.78, 5) is 20.2. The molecule has 3 aromatic rings. The van der Waals surface area contributed by atoms with E-state index < -0.39 is 0 Å². The molecule has 1 aromatic carbocycles. The minimum Gasteiger partial charge on any atom is -0.317 e. The van der Waals surface area contributed by atoms with Crippen LogP contribution in [0.25, 0.3) is 22.5 Å². The summed E-state index contributed by atoms with van der Waals surface area (Å²) in [6.45, 7) is 0. The second kappa shape index (κ2) is 5.43. The molecule has 0 saturated heterocycles. The van der Waals surface area contributed by atoms with Gasteiger partial charge >= 0.3 is 0 Å². The van der Waals surface area contributed by atoms with Gasteiger partial charge in [0.25, 0.3) is 0 Å². The predicted molar refractivity (Wildman–Crippen MR) is 84.3 cm³/mol. The van der Waals surface area contributed by atoms with Crippen molar-refractivity contribution < 1.29 is 9.18 Å². The van der Waals surface area contributed by atoms with E-state index in [-0.39, 0.29) is 11.9 Å². The first-order valence-corrected chi connectivity index (χ1v) is 7.50. The maximum atomic E-state index is 13.2. The average molecular weight is 307 g/mol. The number of halogens is 1. The summed E-state index contributed by atoms with van der Waals surface area (Å²) < 4.78 is 15.2. The number of carbonyl (C=O) groups excluding carboxylic acids is 1. The predicted octanol–water partition coefficient (Wildman–Crippen LogP) is 3.44. The molecule has 0 amide bonds. The molecule has 2 aromatic heterocycles. The van der Waals surface area contributed by atoms with Crippen LogP contribution in [-0.2, 0) is 11.2 Å². The fourth-order valence-electron chi connectivity index (χ4n) is 3.14. The molecule has 0 spiro atoms. The van der Waals surface area contributed by atoms with Crippen LogP contribution in [-0.4, -0.2) is 20.8 Å². The summed E-state index contributed by atoms with van der Waals surface area (Å²) in [6.07, 6.45) is 5.94. The molecule has 0 bridgehead atoms. The number of imidazole rings is 1. The van der Waals surface area contributed by atoms with Crippen molar-refractivity contribution in [1.82, 2.24) is 14.5 Å². The van der Waals surface area contributed by atoms with Gasteiger partial charge in [0.2, 0.25) is 0 Å². The molecule has 1 unspecified atom stereocenters.